The summed E-state index contributed by atoms with van der Waals surface area (Å²) in [6, 6.07) is 0. The number of fused-ring (bicyclic) bond motifs is 1. The van der Waals surface area contributed by atoms with Crippen molar-refractivity contribution in [1.82, 2.24) is 0 Å². The van der Waals surface area contributed by atoms with E-state index in [-0.39, 0.29) is 0 Å². The minimum atomic E-state index is 0.538. The Morgan fingerprint density at radius 1 is 1.12 bits per heavy atom. The van der Waals surface area contributed by atoms with Gasteiger partial charge in [-0.15, -0.1) is 0 Å². The molecule has 0 spiro atoms. The van der Waals surface area contributed by atoms with Gasteiger partial charge in [-0.3, -0.25) is 0 Å². The second-order valence-electron chi connectivity index (χ2n) is 10.1. The van der Waals surface area contributed by atoms with E-state index in [9.17, 15) is 0 Å². The topological polar surface area (TPSA) is 0 Å². The Bertz CT molecular complexity index is 403. The van der Waals surface area contributed by atoms with Gasteiger partial charge < -0.3 is 0 Å². The highest BCUT2D eigenvalue weighted by Gasteiger charge is 2.56. The van der Waals surface area contributed by atoms with Gasteiger partial charge in [0.05, 0.1) is 0 Å². The van der Waals surface area contributed by atoms with E-state index in [1.807, 2.05) is 0 Å². The van der Waals surface area contributed by atoms with Gasteiger partial charge in [0, 0.05) is 5.33 Å². The molecule has 4 unspecified atom stereocenters. The summed E-state index contributed by atoms with van der Waals surface area (Å²) >= 11 is 3.78. The Morgan fingerprint density at radius 2 is 1.79 bits per heavy atom. The molecule has 0 bridgehead atoms. The van der Waals surface area contributed by atoms with Crippen LogP contribution in [0, 0.1) is 46.3 Å². The molecule has 2 saturated carbocycles. The first-order chi connectivity index (χ1) is 11.3. The standard InChI is InChI=1S/C23H43Br/c1-8-13-22(6,16(3)4)21-12-14-23(7)19(17(5)15-24)10-11-20(23)18(21)9-2/h16-21H,8-15H2,1-7H3/t17-,18?,19?,20?,21?,22+,23-/m1/s1. The molecule has 0 aromatic carbocycles. The molecule has 24 heavy (non-hydrogen) atoms. The molecule has 7 atom stereocenters. The van der Waals surface area contributed by atoms with E-state index in [2.05, 4.69) is 64.4 Å². The lowest BCUT2D eigenvalue weighted by atomic mass is 9.49. The number of hydrogen-bond acceptors (Lipinski definition) is 0. The average molecular weight is 400 g/mol. The molecule has 1 heteroatoms. The van der Waals surface area contributed by atoms with Crippen molar-refractivity contribution in [3.63, 3.8) is 0 Å². The Kier molecular flexibility index (Phi) is 6.94. The van der Waals surface area contributed by atoms with Crippen molar-refractivity contribution in [1.29, 1.82) is 0 Å². The molecule has 142 valence electrons. The molecule has 0 amide bonds. The molecule has 0 saturated heterocycles. The normalized spacial score (nSPS) is 40.4. The van der Waals surface area contributed by atoms with Gasteiger partial charge >= 0.3 is 0 Å². The lowest BCUT2D eigenvalue weighted by Gasteiger charge is -2.56. The Morgan fingerprint density at radius 3 is 2.29 bits per heavy atom. The second-order valence-corrected chi connectivity index (χ2v) is 10.7. The van der Waals surface area contributed by atoms with Crippen molar-refractivity contribution in [2.75, 3.05) is 5.33 Å². The van der Waals surface area contributed by atoms with Crippen LogP contribution in [0.1, 0.15) is 93.4 Å². The minimum absolute atomic E-state index is 0.538. The second kappa shape index (κ2) is 8.01. The summed E-state index contributed by atoms with van der Waals surface area (Å²) in [6.07, 6.45) is 10.1. The zero-order valence-corrected chi connectivity index (χ0v) is 19.1. The zero-order valence-electron chi connectivity index (χ0n) is 17.5. The monoisotopic (exact) mass is 398 g/mol. The van der Waals surface area contributed by atoms with Crippen LogP contribution in [0.3, 0.4) is 0 Å². The molecular weight excluding hydrogens is 356 g/mol. The number of halogens is 1. The summed E-state index contributed by atoms with van der Waals surface area (Å²) in [6.45, 7) is 17.6. The Hall–Kier alpha value is 0.480. The van der Waals surface area contributed by atoms with Crippen molar-refractivity contribution in [2.24, 2.45) is 46.3 Å². The maximum atomic E-state index is 3.78. The van der Waals surface area contributed by atoms with Crippen LogP contribution in [0.5, 0.6) is 0 Å². The van der Waals surface area contributed by atoms with Crippen molar-refractivity contribution < 1.29 is 0 Å². The molecule has 0 radical (unpaired) electrons. The van der Waals surface area contributed by atoms with Gasteiger partial charge in [-0.2, -0.15) is 0 Å². The van der Waals surface area contributed by atoms with Crippen LogP contribution in [0.4, 0.5) is 0 Å². The van der Waals surface area contributed by atoms with Gasteiger partial charge in [-0.25, -0.2) is 0 Å². The van der Waals surface area contributed by atoms with Gasteiger partial charge in [0.1, 0.15) is 0 Å². The number of rotatable bonds is 7. The fourth-order valence-corrected chi connectivity index (χ4v) is 7.65. The van der Waals surface area contributed by atoms with Crippen molar-refractivity contribution in [2.45, 2.75) is 93.4 Å². The summed E-state index contributed by atoms with van der Waals surface area (Å²) in [4.78, 5) is 0. The molecule has 0 nitrogen and oxygen atoms in total. The highest BCUT2D eigenvalue weighted by molar-refractivity contribution is 9.09. The van der Waals surface area contributed by atoms with Crippen LogP contribution in [0.2, 0.25) is 0 Å². The van der Waals surface area contributed by atoms with Gasteiger partial charge in [-0.1, -0.05) is 77.2 Å². The first-order valence-corrected chi connectivity index (χ1v) is 11.9. The Labute approximate surface area is 161 Å². The predicted octanol–water partition coefficient (Wildman–Crippen LogP) is 7.95. The maximum Gasteiger partial charge on any atom is 0.00598 e. The van der Waals surface area contributed by atoms with Crippen LogP contribution in [0.15, 0.2) is 0 Å². The highest BCUT2D eigenvalue weighted by Crippen LogP contribution is 2.64. The van der Waals surface area contributed by atoms with E-state index < -0.39 is 0 Å². The molecule has 0 aliphatic heterocycles. The fourth-order valence-electron chi connectivity index (χ4n) is 7.20. The molecular formula is C23H43Br. The smallest absolute Gasteiger partial charge is 0.00598 e. The lowest BCUT2D eigenvalue weighted by molar-refractivity contribution is -0.0661. The van der Waals surface area contributed by atoms with Crippen LogP contribution >= 0.6 is 15.9 Å². The lowest BCUT2D eigenvalue weighted by Crippen LogP contribution is -2.48. The maximum absolute atomic E-state index is 3.78. The molecule has 0 aromatic heterocycles. The van der Waals surface area contributed by atoms with Crippen LogP contribution in [0.25, 0.3) is 0 Å². The summed E-state index contributed by atoms with van der Waals surface area (Å²) in [5, 5.41) is 1.18. The largest absolute Gasteiger partial charge is 0.0925 e. The van der Waals surface area contributed by atoms with E-state index in [4.69, 9.17) is 0 Å². The fraction of sp³-hybridized carbons (Fsp3) is 1.00. The van der Waals surface area contributed by atoms with Crippen LogP contribution in [-0.4, -0.2) is 5.33 Å². The molecule has 0 N–H and O–H groups in total. The van der Waals surface area contributed by atoms with Crippen molar-refractivity contribution in [3.8, 4) is 0 Å². The number of hydrogen-bond donors (Lipinski definition) is 0. The summed E-state index contributed by atoms with van der Waals surface area (Å²) in [5.74, 6) is 5.45. The summed E-state index contributed by atoms with van der Waals surface area (Å²) in [5.41, 5.74) is 1.14. The molecule has 2 rings (SSSR count). The van der Waals surface area contributed by atoms with Crippen molar-refractivity contribution in [3.05, 3.63) is 0 Å². The summed E-state index contributed by atoms with van der Waals surface area (Å²) < 4.78 is 0. The van der Waals surface area contributed by atoms with Gasteiger partial charge in [0.25, 0.3) is 0 Å². The molecule has 0 aromatic rings. The van der Waals surface area contributed by atoms with Crippen molar-refractivity contribution >= 4 is 15.9 Å². The van der Waals surface area contributed by atoms with E-state index in [0.717, 1.165) is 35.5 Å². The number of alkyl halides is 1. The first kappa shape index (κ1) is 20.8. The third-order valence-electron chi connectivity index (χ3n) is 8.87. The van der Waals surface area contributed by atoms with Gasteiger partial charge in [0.15, 0.2) is 0 Å². The van der Waals surface area contributed by atoms with Gasteiger partial charge in [0.2, 0.25) is 0 Å². The average Bonchev–Trinajstić information content (AvgIpc) is 2.90. The third-order valence-corrected chi connectivity index (χ3v) is 9.89. The third kappa shape index (κ3) is 3.37. The first-order valence-electron chi connectivity index (χ1n) is 10.8. The quantitative estimate of drug-likeness (QED) is 0.381. The molecule has 0 heterocycles. The van der Waals surface area contributed by atoms with Gasteiger partial charge in [-0.05, 0) is 78.4 Å². The van der Waals surface area contributed by atoms with E-state index in [1.54, 1.807) is 0 Å². The molecule has 2 aliphatic rings. The Balaban J connectivity index is 2.30. The van der Waals surface area contributed by atoms with Crippen LogP contribution in [-0.2, 0) is 0 Å². The predicted molar refractivity (Wildman–Crippen MR) is 112 cm³/mol. The summed E-state index contributed by atoms with van der Waals surface area (Å²) in [7, 11) is 0. The SMILES string of the molecule is CCC[C@@](C)(C(C)C)C1CC[C@@]2(C)C(CCC2[C@H](C)CBr)C1CC. The molecule has 2 aliphatic carbocycles. The van der Waals surface area contributed by atoms with E-state index in [0.29, 0.717) is 10.8 Å². The molecule has 2 fully saturated rings. The highest BCUT2D eigenvalue weighted by atomic mass is 79.9. The minimum Gasteiger partial charge on any atom is -0.0925 e. The van der Waals surface area contributed by atoms with E-state index >= 15 is 0 Å². The van der Waals surface area contributed by atoms with Crippen LogP contribution < -0.4 is 0 Å². The van der Waals surface area contributed by atoms with E-state index in [1.165, 1.54) is 50.3 Å². The zero-order chi connectivity index (χ0) is 18.1.